The van der Waals surface area contributed by atoms with Crippen molar-refractivity contribution in [3.63, 3.8) is 0 Å². The molecule has 0 aliphatic rings. The van der Waals surface area contributed by atoms with E-state index in [1.54, 1.807) is 0 Å². The van der Waals surface area contributed by atoms with E-state index in [2.05, 4.69) is 142 Å². The summed E-state index contributed by atoms with van der Waals surface area (Å²) in [6.45, 7) is 6.32. The summed E-state index contributed by atoms with van der Waals surface area (Å²) < 4.78 is 16.7. The molecule has 0 heterocycles. The molecular weight excluding hydrogens is 925 g/mol. The van der Waals surface area contributed by atoms with Gasteiger partial charge in [-0.05, 0) is 109 Å². The maximum Gasteiger partial charge on any atom is 0.306 e. The summed E-state index contributed by atoms with van der Waals surface area (Å²) in [7, 11) is 0. The van der Waals surface area contributed by atoms with Crippen LogP contribution in [0.1, 0.15) is 278 Å². The number of carbonyl (C=O) groups excluding carboxylic acids is 3. The van der Waals surface area contributed by atoms with E-state index in [0.29, 0.717) is 19.3 Å². The summed E-state index contributed by atoms with van der Waals surface area (Å²) in [6, 6.07) is 0. The van der Waals surface area contributed by atoms with Crippen LogP contribution in [0.4, 0.5) is 0 Å². The van der Waals surface area contributed by atoms with Crippen molar-refractivity contribution in [2.24, 2.45) is 0 Å². The van der Waals surface area contributed by atoms with E-state index in [-0.39, 0.29) is 31.1 Å². The topological polar surface area (TPSA) is 78.9 Å². The molecule has 0 saturated carbocycles. The van der Waals surface area contributed by atoms with Crippen molar-refractivity contribution in [3.05, 3.63) is 122 Å². The molecule has 0 aromatic carbocycles. The summed E-state index contributed by atoms with van der Waals surface area (Å²) in [6.07, 6.45) is 86.8. The third-order valence-electron chi connectivity index (χ3n) is 13.0. The number of rotatable bonds is 55. The molecule has 6 heteroatoms. The lowest BCUT2D eigenvalue weighted by Gasteiger charge is -2.18. The molecule has 75 heavy (non-hydrogen) atoms. The molecule has 0 fully saturated rings. The molecule has 0 aliphatic heterocycles. The Morgan fingerprint density at radius 1 is 0.280 bits per heavy atom. The number of ether oxygens (including phenoxy) is 3. The minimum Gasteiger partial charge on any atom is -0.462 e. The largest absolute Gasteiger partial charge is 0.462 e. The zero-order valence-corrected chi connectivity index (χ0v) is 48.8. The Hall–Kier alpha value is -4.19. The maximum atomic E-state index is 12.8. The van der Waals surface area contributed by atoms with Crippen molar-refractivity contribution >= 4 is 17.9 Å². The van der Waals surface area contributed by atoms with E-state index in [9.17, 15) is 14.4 Å². The minimum absolute atomic E-state index is 0.0867. The molecule has 0 spiro atoms. The van der Waals surface area contributed by atoms with Crippen molar-refractivity contribution in [1.82, 2.24) is 0 Å². The normalized spacial score (nSPS) is 12.9. The van der Waals surface area contributed by atoms with Crippen molar-refractivity contribution in [2.45, 2.75) is 284 Å². The van der Waals surface area contributed by atoms with Crippen LogP contribution in [0, 0.1) is 0 Å². The fraction of sp³-hybridized carbons (Fsp3) is 0.667. The van der Waals surface area contributed by atoms with E-state index in [0.717, 1.165) is 148 Å². The Kier molecular flexibility index (Phi) is 58.9. The van der Waals surface area contributed by atoms with Gasteiger partial charge in [0.05, 0.1) is 0 Å². The van der Waals surface area contributed by atoms with Crippen LogP contribution >= 0.6 is 0 Å². The molecule has 1 atom stereocenters. The first kappa shape index (κ1) is 70.8. The third kappa shape index (κ3) is 60.6. The quantitative estimate of drug-likeness (QED) is 0.0261. The Morgan fingerprint density at radius 2 is 0.520 bits per heavy atom. The van der Waals surface area contributed by atoms with E-state index in [1.807, 2.05) is 0 Å². The van der Waals surface area contributed by atoms with Gasteiger partial charge < -0.3 is 14.2 Å². The molecular formula is C69H114O6. The van der Waals surface area contributed by atoms with Gasteiger partial charge in [-0.25, -0.2) is 0 Å². The molecule has 0 rings (SSSR count). The molecule has 0 saturated heterocycles. The Morgan fingerprint density at radius 3 is 0.813 bits per heavy atom. The average Bonchev–Trinajstić information content (AvgIpc) is 3.41. The number of esters is 3. The predicted molar refractivity (Wildman–Crippen MR) is 325 cm³/mol. The number of allylic oxidation sites excluding steroid dienone is 20. The van der Waals surface area contributed by atoms with E-state index in [4.69, 9.17) is 14.2 Å². The summed E-state index contributed by atoms with van der Waals surface area (Å²) in [5, 5.41) is 0. The van der Waals surface area contributed by atoms with Gasteiger partial charge >= 0.3 is 17.9 Å². The Bertz CT molecular complexity index is 1570. The zero-order chi connectivity index (χ0) is 54.3. The van der Waals surface area contributed by atoms with Crippen LogP contribution in [0.5, 0.6) is 0 Å². The van der Waals surface area contributed by atoms with Crippen molar-refractivity contribution in [3.8, 4) is 0 Å². The second kappa shape index (κ2) is 62.4. The summed E-state index contributed by atoms with van der Waals surface area (Å²) in [5.41, 5.74) is 0. The number of hydrogen-bond donors (Lipinski definition) is 0. The first-order valence-electron chi connectivity index (χ1n) is 31.0. The van der Waals surface area contributed by atoms with Gasteiger partial charge in [-0.2, -0.15) is 0 Å². The lowest BCUT2D eigenvalue weighted by atomic mass is 10.0. The lowest BCUT2D eigenvalue weighted by molar-refractivity contribution is -0.167. The van der Waals surface area contributed by atoms with Gasteiger partial charge in [0.25, 0.3) is 0 Å². The molecule has 1 unspecified atom stereocenters. The number of unbranched alkanes of at least 4 members (excludes halogenated alkanes) is 24. The third-order valence-corrected chi connectivity index (χ3v) is 13.0. The highest BCUT2D eigenvalue weighted by Gasteiger charge is 2.19. The van der Waals surface area contributed by atoms with E-state index >= 15 is 0 Å². The monoisotopic (exact) mass is 1040 g/mol. The van der Waals surface area contributed by atoms with Gasteiger partial charge in [0.15, 0.2) is 6.10 Å². The van der Waals surface area contributed by atoms with Crippen molar-refractivity contribution < 1.29 is 28.6 Å². The smallest absolute Gasteiger partial charge is 0.306 e. The standard InChI is InChI=1S/C69H114O6/c1-4-7-10-13-15-17-19-21-23-25-27-29-30-31-32-33-34-35-36-37-38-40-41-43-45-47-49-51-53-56-59-62-68(71)74-65-66(64-73-67(70)61-58-55-12-9-6-3)75-69(72)63-60-57-54-52-50-48-46-44-42-39-28-26-24-22-20-18-16-14-11-8-5-2/h7-8,10-11,15-18,21-24,27-29,31-32,39,44,46,66H,4-6,9,12-14,19-20,25-26,30,33-38,40-43,45,47-65H2,1-3H3/b10-7-,11-8-,17-15-,18-16-,23-21-,24-22-,29-27-,32-31-,39-28-,46-44-. The van der Waals surface area contributed by atoms with Crippen LogP contribution in [0.25, 0.3) is 0 Å². The second-order valence-corrected chi connectivity index (χ2v) is 20.2. The molecule has 0 amide bonds. The summed E-state index contributed by atoms with van der Waals surface area (Å²) in [4.78, 5) is 37.9. The van der Waals surface area contributed by atoms with Crippen LogP contribution in [0.3, 0.4) is 0 Å². The highest BCUT2D eigenvalue weighted by molar-refractivity contribution is 5.71. The van der Waals surface area contributed by atoms with Gasteiger partial charge in [-0.1, -0.05) is 271 Å². The maximum absolute atomic E-state index is 12.8. The predicted octanol–water partition coefficient (Wildman–Crippen LogP) is 21.2. The van der Waals surface area contributed by atoms with Gasteiger partial charge in [0.1, 0.15) is 13.2 Å². The Balaban J connectivity index is 4.06. The Labute approximate surface area is 462 Å². The van der Waals surface area contributed by atoms with Gasteiger partial charge in [0, 0.05) is 19.3 Å². The lowest BCUT2D eigenvalue weighted by Crippen LogP contribution is -2.30. The highest BCUT2D eigenvalue weighted by Crippen LogP contribution is 2.16. The van der Waals surface area contributed by atoms with Crippen LogP contribution < -0.4 is 0 Å². The van der Waals surface area contributed by atoms with Gasteiger partial charge in [-0.3, -0.25) is 14.4 Å². The van der Waals surface area contributed by atoms with Crippen LogP contribution in [0.15, 0.2) is 122 Å². The van der Waals surface area contributed by atoms with Gasteiger partial charge in [-0.15, -0.1) is 0 Å². The summed E-state index contributed by atoms with van der Waals surface area (Å²) in [5.74, 6) is -0.918. The van der Waals surface area contributed by atoms with Gasteiger partial charge in [0.2, 0.25) is 0 Å². The molecule has 0 N–H and O–H groups in total. The van der Waals surface area contributed by atoms with Crippen LogP contribution in [0.2, 0.25) is 0 Å². The van der Waals surface area contributed by atoms with E-state index < -0.39 is 6.10 Å². The zero-order valence-electron chi connectivity index (χ0n) is 48.8. The molecule has 0 aromatic rings. The molecule has 0 bridgehead atoms. The molecule has 0 aliphatic carbocycles. The highest BCUT2D eigenvalue weighted by atomic mass is 16.6. The first-order valence-corrected chi connectivity index (χ1v) is 31.0. The van der Waals surface area contributed by atoms with Crippen LogP contribution in [-0.4, -0.2) is 37.2 Å². The number of hydrogen-bond acceptors (Lipinski definition) is 6. The number of carbonyl (C=O) groups is 3. The fourth-order valence-corrected chi connectivity index (χ4v) is 8.38. The van der Waals surface area contributed by atoms with Crippen molar-refractivity contribution in [2.75, 3.05) is 13.2 Å². The fourth-order valence-electron chi connectivity index (χ4n) is 8.38. The average molecular weight is 1040 g/mol. The molecule has 6 nitrogen and oxygen atoms in total. The minimum atomic E-state index is -0.787. The molecule has 0 radical (unpaired) electrons. The molecule has 426 valence electrons. The molecule has 0 aromatic heterocycles. The summed E-state index contributed by atoms with van der Waals surface area (Å²) >= 11 is 0. The second-order valence-electron chi connectivity index (χ2n) is 20.2. The SMILES string of the molecule is CC/C=C\C/C=C\C/C=C\C/C=C\C/C=C\CCCCCCCCCCCCCCCCCC(=O)OCC(COC(=O)CCCCCCC)OC(=O)CCCCCCC/C=C\C/C=C\C/C=C\C/C=C\C/C=C\CC. The first-order chi connectivity index (χ1) is 37.0. The van der Waals surface area contributed by atoms with E-state index in [1.165, 1.54) is 89.9 Å². The van der Waals surface area contributed by atoms with Crippen molar-refractivity contribution in [1.29, 1.82) is 0 Å². The van der Waals surface area contributed by atoms with Crippen LogP contribution in [-0.2, 0) is 28.6 Å².